The van der Waals surface area contributed by atoms with Crippen LogP contribution in [-0.4, -0.2) is 63.6 Å². The number of rotatable bonds is 11. The number of hydrogen-bond acceptors (Lipinski definition) is 12. The minimum Gasteiger partial charge on any atom is -0.508 e. The summed E-state index contributed by atoms with van der Waals surface area (Å²) < 4.78 is 17.7. The van der Waals surface area contributed by atoms with Gasteiger partial charge in [-0.25, -0.2) is 9.69 Å². The molecule has 0 unspecified atom stereocenters. The first kappa shape index (κ1) is 47.6. The van der Waals surface area contributed by atoms with Crippen LogP contribution >= 0.6 is 0 Å². The molecular weight excluding hydrogens is 929 g/mol. The number of nitrogens with one attached hydrogen (secondary N) is 1. The van der Waals surface area contributed by atoms with Crippen LogP contribution < -0.4 is 15.0 Å². The van der Waals surface area contributed by atoms with Crippen molar-refractivity contribution in [3.05, 3.63) is 237 Å². The van der Waals surface area contributed by atoms with Gasteiger partial charge < -0.3 is 29.7 Å². The molecule has 3 amide bonds. The number of nitro benzene ring substituents is 1. The predicted octanol–water partition coefficient (Wildman–Crippen LogP) is 8.56. The summed E-state index contributed by atoms with van der Waals surface area (Å²) in [5.41, 5.74) is 1.47. The Balaban J connectivity index is 1.21. The van der Waals surface area contributed by atoms with Crippen molar-refractivity contribution in [3.8, 4) is 23.3 Å². The van der Waals surface area contributed by atoms with E-state index in [1.165, 1.54) is 36.4 Å². The Morgan fingerprint density at radius 2 is 1.38 bits per heavy atom. The Kier molecular flexibility index (Phi) is 13.0. The highest BCUT2D eigenvalue weighted by molar-refractivity contribution is 6.23. The van der Waals surface area contributed by atoms with Crippen LogP contribution in [0.3, 0.4) is 0 Å². The smallest absolute Gasteiger partial charge is 0.421 e. The number of hydrogen-bond donors (Lipinski definition) is 3. The molecule has 0 aromatic heterocycles. The van der Waals surface area contributed by atoms with Crippen molar-refractivity contribution in [1.29, 1.82) is 0 Å². The fourth-order valence-corrected chi connectivity index (χ4v) is 10.5. The molecule has 3 aliphatic rings. The fourth-order valence-electron chi connectivity index (χ4n) is 10.5. The molecule has 0 saturated carbocycles. The number of aliphatic hydroxyl groups excluding tert-OH is 1. The monoisotopic (exact) mass is 974 g/mol. The van der Waals surface area contributed by atoms with Gasteiger partial charge in [0, 0.05) is 29.8 Å². The molecular formula is C58H46N4O11. The number of carbonyl (C=O) groups excluding carboxylic acids is 4. The van der Waals surface area contributed by atoms with E-state index in [-0.39, 0.29) is 29.2 Å². The summed E-state index contributed by atoms with van der Waals surface area (Å²) in [7, 11) is 1.56. The number of benzene rings is 7. The number of phenols is 1. The van der Waals surface area contributed by atoms with Crippen LogP contribution in [0.4, 0.5) is 16.2 Å². The zero-order valence-corrected chi connectivity index (χ0v) is 39.1. The number of phenolic OH excluding ortho intramolecular Hbond substituents is 1. The van der Waals surface area contributed by atoms with E-state index in [4.69, 9.17) is 14.2 Å². The van der Waals surface area contributed by atoms with Crippen LogP contribution in [0, 0.1) is 27.9 Å². The average molecular weight is 975 g/mol. The van der Waals surface area contributed by atoms with Gasteiger partial charge in [-0.3, -0.25) is 29.4 Å². The standard InChI is InChI=1S/C58H46N4O11/c1-71-45-30-21-36(22-31-45)17-18-37-23-32-47-46(33-37)58(56(67)60(47)57(68)72-35-38-19-26-43(27-20-38)62(69)70)49(54(65)59-34-48(64)39-11-5-2-6-12-39)51-55(66)73-52(41-15-9-4-10-16-41)50(40-13-7-3-8-14-40)61(51)53(58)42-24-28-44(63)29-25-42/h2-16,19-33,48-53,63-64H,34-35H2,1H3,(H,59,65)/t48-,49-,50-,51-,52+,53+,58-/m0/s1. The normalized spacial score (nSPS) is 21.2. The first-order valence-electron chi connectivity index (χ1n) is 23.4. The summed E-state index contributed by atoms with van der Waals surface area (Å²) in [6.07, 6.45) is -3.33. The number of morpholine rings is 1. The van der Waals surface area contributed by atoms with Gasteiger partial charge in [0.1, 0.15) is 35.7 Å². The topological polar surface area (TPSA) is 198 Å². The zero-order chi connectivity index (χ0) is 50.8. The molecule has 7 aromatic carbocycles. The quantitative estimate of drug-likeness (QED) is 0.0484. The van der Waals surface area contributed by atoms with Gasteiger partial charge in [-0.05, 0) is 100 Å². The maximum absolute atomic E-state index is 16.5. The Hall–Kier alpha value is -9.10. The number of fused-ring (bicyclic) bond motifs is 3. The summed E-state index contributed by atoms with van der Waals surface area (Å²) in [5.74, 6) is 2.66. The van der Waals surface area contributed by atoms with E-state index >= 15 is 14.4 Å². The minimum absolute atomic E-state index is 0.0451. The number of imide groups is 1. The van der Waals surface area contributed by atoms with E-state index in [9.17, 15) is 25.1 Å². The van der Waals surface area contributed by atoms with Crippen molar-refractivity contribution in [2.24, 2.45) is 5.92 Å². The summed E-state index contributed by atoms with van der Waals surface area (Å²) >= 11 is 0. The molecule has 0 radical (unpaired) electrons. The Morgan fingerprint density at radius 1 is 0.767 bits per heavy atom. The second-order valence-corrected chi connectivity index (χ2v) is 17.9. The number of esters is 1. The molecule has 15 heteroatoms. The highest BCUT2D eigenvalue weighted by Gasteiger charge is 2.75. The minimum atomic E-state index is -2.19. The third-order valence-electron chi connectivity index (χ3n) is 13.7. The number of ether oxygens (including phenoxy) is 3. The third-order valence-corrected chi connectivity index (χ3v) is 13.7. The molecule has 7 atom stereocenters. The van der Waals surface area contributed by atoms with Crippen molar-refractivity contribution >= 4 is 35.3 Å². The number of nitro groups is 1. The molecule has 3 N–H and O–H groups in total. The van der Waals surface area contributed by atoms with Gasteiger partial charge in [0.15, 0.2) is 0 Å². The van der Waals surface area contributed by atoms with E-state index in [0.29, 0.717) is 44.7 Å². The van der Waals surface area contributed by atoms with Crippen molar-refractivity contribution in [2.75, 3.05) is 18.6 Å². The number of anilines is 1. The van der Waals surface area contributed by atoms with Crippen LogP contribution in [0.5, 0.6) is 11.5 Å². The largest absolute Gasteiger partial charge is 0.508 e. The van der Waals surface area contributed by atoms with Gasteiger partial charge in [-0.2, -0.15) is 0 Å². The second kappa shape index (κ2) is 20.0. The molecule has 7 aromatic rings. The number of aromatic hydroxyl groups is 1. The maximum atomic E-state index is 16.5. The third kappa shape index (κ3) is 8.79. The van der Waals surface area contributed by atoms with E-state index < -0.39 is 77.1 Å². The summed E-state index contributed by atoms with van der Waals surface area (Å²) in [6.45, 7) is -0.724. The van der Waals surface area contributed by atoms with Gasteiger partial charge in [0.25, 0.3) is 5.69 Å². The van der Waals surface area contributed by atoms with E-state index in [0.717, 1.165) is 4.90 Å². The number of cyclic esters (lactones) is 1. The van der Waals surface area contributed by atoms with E-state index in [2.05, 4.69) is 17.2 Å². The van der Waals surface area contributed by atoms with Crippen LogP contribution in [0.1, 0.15) is 68.8 Å². The molecule has 0 bridgehead atoms. The molecule has 2 saturated heterocycles. The maximum Gasteiger partial charge on any atom is 0.421 e. The van der Waals surface area contributed by atoms with Gasteiger partial charge in [-0.15, -0.1) is 0 Å². The number of aliphatic hydroxyl groups is 1. The first-order chi connectivity index (χ1) is 35.5. The molecule has 364 valence electrons. The number of non-ortho nitro benzene ring substituents is 1. The highest BCUT2D eigenvalue weighted by atomic mass is 16.6. The SMILES string of the molecule is COc1ccc(C#Cc2ccc3c(c2)[C@]2(C(=O)N3C(=O)OCc3ccc([N+](=O)[O-])cc3)[C@H](C(=O)NC[C@H](O)c3ccccc3)[C@H]3C(=O)O[C@H](c4ccccc4)[C@H](c4ccccc4)N3[C@@H]2c2ccc(O)cc2)cc1. The molecule has 3 heterocycles. The van der Waals surface area contributed by atoms with E-state index in [1.54, 1.807) is 92.0 Å². The van der Waals surface area contributed by atoms with Gasteiger partial charge in [0.2, 0.25) is 11.8 Å². The lowest BCUT2D eigenvalue weighted by atomic mass is 9.65. The Bertz CT molecular complexity index is 3270. The summed E-state index contributed by atoms with van der Waals surface area (Å²) in [6, 6.07) is 46.9. The van der Waals surface area contributed by atoms with Crippen molar-refractivity contribution in [2.45, 2.75) is 42.4 Å². The second-order valence-electron chi connectivity index (χ2n) is 17.9. The van der Waals surface area contributed by atoms with Gasteiger partial charge in [0.05, 0.1) is 41.8 Å². The molecule has 0 aliphatic carbocycles. The Morgan fingerprint density at radius 3 is 2.03 bits per heavy atom. The lowest BCUT2D eigenvalue weighted by Gasteiger charge is -2.46. The number of nitrogens with zero attached hydrogens (tertiary/aromatic N) is 3. The molecule has 15 nitrogen and oxygen atoms in total. The van der Waals surface area contributed by atoms with Crippen molar-refractivity contribution < 1.29 is 48.5 Å². The zero-order valence-electron chi connectivity index (χ0n) is 39.1. The fraction of sp³-hybridized carbons (Fsp3) is 0.172. The molecule has 1 spiro atoms. The van der Waals surface area contributed by atoms with Crippen LogP contribution in [0.15, 0.2) is 182 Å². The molecule has 2 fully saturated rings. The molecule has 73 heavy (non-hydrogen) atoms. The highest BCUT2D eigenvalue weighted by Crippen LogP contribution is 2.66. The van der Waals surface area contributed by atoms with Gasteiger partial charge >= 0.3 is 12.1 Å². The Labute approximate surface area is 419 Å². The van der Waals surface area contributed by atoms with Gasteiger partial charge in [-0.1, -0.05) is 115 Å². The lowest BCUT2D eigenvalue weighted by molar-refractivity contribution is -0.384. The van der Waals surface area contributed by atoms with Crippen LogP contribution in [0.25, 0.3) is 0 Å². The lowest BCUT2D eigenvalue weighted by Crippen LogP contribution is -2.56. The number of carbonyl (C=O) groups is 4. The molecule has 10 rings (SSSR count). The molecule has 3 aliphatic heterocycles. The van der Waals surface area contributed by atoms with Crippen LogP contribution in [0.2, 0.25) is 0 Å². The first-order valence-corrected chi connectivity index (χ1v) is 23.4. The summed E-state index contributed by atoms with van der Waals surface area (Å²) in [5, 5.41) is 36.6. The number of amides is 3. The van der Waals surface area contributed by atoms with Crippen molar-refractivity contribution in [3.63, 3.8) is 0 Å². The van der Waals surface area contributed by atoms with Crippen LogP contribution in [-0.2, 0) is 35.9 Å². The predicted molar refractivity (Wildman–Crippen MR) is 267 cm³/mol. The number of methoxy groups -OCH3 is 1. The van der Waals surface area contributed by atoms with Crippen molar-refractivity contribution in [1.82, 2.24) is 10.2 Å². The van der Waals surface area contributed by atoms with E-state index in [1.807, 2.05) is 65.6 Å². The average Bonchev–Trinajstić information content (AvgIpc) is 3.88. The summed E-state index contributed by atoms with van der Waals surface area (Å²) in [4.78, 5) is 76.1.